The number of thiazole rings is 1. The Bertz CT molecular complexity index is 685. The molecule has 0 saturated heterocycles. The monoisotopic (exact) mass is 496 g/mol. The topological polar surface area (TPSA) is 49.3 Å². The Balaban J connectivity index is 0.00000312. The first-order valence-electron chi connectivity index (χ1n) is 7.83. The number of aromatic nitrogens is 1. The molecule has 4 nitrogen and oxygen atoms in total. The highest BCUT2D eigenvalue weighted by atomic mass is 127. The largest absolute Gasteiger partial charge is 0.356 e. The fourth-order valence-corrected chi connectivity index (χ4v) is 3.28. The van der Waals surface area contributed by atoms with E-state index in [9.17, 15) is 4.39 Å². The van der Waals surface area contributed by atoms with Crippen molar-refractivity contribution < 1.29 is 4.39 Å². The molecule has 0 aliphatic heterocycles. The first kappa shape index (κ1) is 22.1. The van der Waals surface area contributed by atoms with Crippen LogP contribution in [0, 0.1) is 5.82 Å². The van der Waals surface area contributed by atoms with Gasteiger partial charge in [0, 0.05) is 29.6 Å². The Kier molecular flexibility index (Phi) is 9.66. The van der Waals surface area contributed by atoms with Gasteiger partial charge in [0.15, 0.2) is 5.96 Å². The lowest BCUT2D eigenvalue weighted by atomic mass is 10.1. The van der Waals surface area contributed by atoms with Crippen molar-refractivity contribution in [2.75, 3.05) is 13.6 Å². The summed E-state index contributed by atoms with van der Waals surface area (Å²) in [5.74, 6) is 0.804. The second-order valence-corrected chi connectivity index (χ2v) is 6.97. The van der Waals surface area contributed by atoms with Crippen LogP contribution in [-0.4, -0.2) is 24.5 Å². The van der Waals surface area contributed by atoms with Crippen LogP contribution in [0.15, 0.2) is 28.6 Å². The van der Waals surface area contributed by atoms with Gasteiger partial charge in [-0.1, -0.05) is 31.5 Å². The minimum absolute atomic E-state index is 0. The maximum absolute atomic E-state index is 13.7. The smallest absolute Gasteiger partial charge is 0.191 e. The van der Waals surface area contributed by atoms with Crippen molar-refractivity contribution in [2.24, 2.45) is 4.99 Å². The molecule has 2 N–H and O–H groups in total. The summed E-state index contributed by atoms with van der Waals surface area (Å²) in [4.78, 5) is 8.74. The number of halogens is 3. The summed E-state index contributed by atoms with van der Waals surface area (Å²) < 4.78 is 13.7. The van der Waals surface area contributed by atoms with Gasteiger partial charge in [0.25, 0.3) is 0 Å². The van der Waals surface area contributed by atoms with E-state index in [-0.39, 0.29) is 29.8 Å². The van der Waals surface area contributed by atoms with Crippen molar-refractivity contribution in [2.45, 2.75) is 32.7 Å². The van der Waals surface area contributed by atoms with E-state index in [4.69, 9.17) is 11.6 Å². The summed E-state index contributed by atoms with van der Waals surface area (Å²) in [5, 5.41) is 9.92. The fraction of sp³-hybridized carbons (Fsp3) is 0.412. The van der Waals surface area contributed by atoms with Crippen LogP contribution >= 0.6 is 46.9 Å². The average molecular weight is 497 g/mol. The second kappa shape index (κ2) is 10.9. The minimum atomic E-state index is -0.281. The van der Waals surface area contributed by atoms with Gasteiger partial charge in [-0.2, -0.15) is 0 Å². The predicted molar refractivity (Wildman–Crippen MR) is 115 cm³/mol. The summed E-state index contributed by atoms with van der Waals surface area (Å²) in [7, 11) is 1.70. The average Bonchev–Trinajstić information content (AvgIpc) is 3.02. The maximum Gasteiger partial charge on any atom is 0.191 e. The van der Waals surface area contributed by atoms with Gasteiger partial charge in [0.1, 0.15) is 10.8 Å². The van der Waals surface area contributed by atoms with Gasteiger partial charge in [-0.3, -0.25) is 4.99 Å². The first-order valence-corrected chi connectivity index (χ1v) is 9.08. The zero-order chi connectivity index (χ0) is 17.5. The van der Waals surface area contributed by atoms with Crippen molar-refractivity contribution in [1.29, 1.82) is 0 Å². The van der Waals surface area contributed by atoms with E-state index < -0.39 is 0 Å². The van der Waals surface area contributed by atoms with Gasteiger partial charge in [0.2, 0.25) is 0 Å². The molecule has 0 aliphatic carbocycles. The standard InChI is InChI=1S/C17H22ClFN4S.HI/c1-11(2)15-10-24-16(23-15)9-22-17(20-3)21-8-7-12-13(18)5-4-6-14(12)19;/h4-6,10-11H,7-9H2,1-3H3,(H2,20,21,22);1H. The molecule has 0 saturated carbocycles. The fourth-order valence-electron chi connectivity index (χ4n) is 2.13. The van der Waals surface area contributed by atoms with Crippen molar-refractivity contribution in [1.82, 2.24) is 15.6 Å². The molecular formula is C17H23ClFIN4S. The summed E-state index contributed by atoms with van der Waals surface area (Å²) >= 11 is 7.66. The maximum atomic E-state index is 13.7. The third-order valence-corrected chi connectivity index (χ3v) is 4.74. The summed E-state index contributed by atoms with van der Waals surface area (Å²) in [6.45, 7) is 5.40. The predicted octanol–water partition coefficient (Wildman–Crippen LogP) is 4.58. The zero-order valence-corrected chi connectivity index (χ0v) is 18.4. The molecule has 138 valence electrons. The number of hydrogen-bond donors (Lipinski definition) is 2. The van der Waals surface area contributed by atoms with Crippen LogP contribution in [0.25, 0.3) is 0 Å². The van der Waals surface area contributed by atoms with Crippen LogP contribution in [0.5, 0.6) is 0 Å². The molecular weight excluding hydrogens is 474 g/mol. The summed E-state index contributed by atoms with van der Waals surface area (Å²) in [6, 6.07) is 4.72. The first-order chi connectivity index (χ1) is 11.5. The SMILES string of the molecule is CN=C(NCCc1c(F)cccc1Cl)NCc1nc(C(C)C)cs1.I. The van der Waals surface area contributed by atoms with Crippen molar-refractivity contribution in [3.05, 3.63) is 50.7 Å². The number of guanidine groups is 1. The van der Waals surface area contributed by atoms with Crippen molar-refractivity contribution >= 4 is 52.9 Å². The quantitative estimate of drug-likeness (QED) is 0.350. The Labute approximate surface area is 174 Å². The van der Waals surface area contributed by atoms with E-state index in [1.807, 2.05) is 0 Å². The van der Waals surface area contributed by atoms with Crippen LogP contribution in [0.2, 0.25) is 5.02 Å². The van der Waals surface area contributed by atoms with Gasteiger partial charge in [-0.05, 0) is 24.5 Å². The second-order valence-electron chi connectivity index (χ2n) is 5.62. The molecule has 1 aromatic carbocycles. The number of aliphatic imine (C=N–C) groups is 1. The third-order valence-electron chi connectivity index (χ3n) is 3.52. The van der Waals surface area contributed by atoms with Gasteiger partial charge in [-0.15, -0.1) is 35.3 Å². The van der Waals surface area contributed by atoms with Gasteiger partial charge >= 0.3 is 0 Å². The molecule has 1 aromatic heterocycles. The van der Waals surface area contributed by atoms with E-state index in [2.05, 4.69) is 39.8 Å². The van der Waals surface area contributed by atoms with Gasteiger partial charge in [0.05, 0.1) is 12.2 Å². The van der Waals surface area contributed by atoms with Crippen LogP contribution in [0.3, 0.4) is 0 Å². The Morgan fingerprint density at radius 2 is 2.12 bits per heavy atom. The molecule has 0 bridgehead atoms. The number of rotatable bonds is 6. The van der Waals surface area contributed by atoms with Crippen molar-refractivity contribution in [3.8, 4) is 0 Å². The normalized spacial score (nSPS) is 11.4. The van der Waals surface area contributed by atoms with Crippen LogP contribution in [0.4, 0.5) is 4.39 Å². The van der Waals surface area contributed by atoms with Crippen LogP contribution < -0.4 is 10.6 Å². The molecule has 0 unspecified atom stereocenters. The number of hydrogen-bond acceptors (Lipinski definition) is 3. The lowest BCUT2D eigenvalue weighted by Gasteiger charge is -2.12. The molecule has 2 rings (SSSR count). The highest BCUT2D eigenvalue weighted by Crippen LogP contribution is 2.19. The van der Waals surface area contributed by atoms with E-state index in [0.29, 0.717) is 42.0 Å². The highest BCUT2D eigenvalue weighted by molar-refractivity contribution is 14.0. The number of nitrogens with zero attached hydrogens (tertiary/aromatic N) is 2. The molecule has 0 atom stereocenters. The van der Waals surface area contributed by atoms with Gasteiger partial charge in [-0.25, -0.2) is 9.37 Å². The van der Waals surface area contributed by atoms with E-state index in [0.717, 1.165) is 10.7 Å². The Morgan fingerprint density at radius 1 is 1.36 bits per heavy atom. The zero-order valence-electron chi connectivity index (χ0n) is 14.5. The molecule has 25 heavy (non-hydrogen) atoms. The molecule has 8 heteroatoms. The third kappa shape index (κ3) is 6.71. The Morgan fingerprint density at radius 3 is 2.72 bits per heavy atom. The lowest BCUT2D eigenvalue weighted by molar-refractivity contribution is 0.607. The molecule has 0 amide bonds. The molecule has 1 heterocycles. The Hall–Kier alpha value is -0.930. The van der Waals surface area contributed by atoms with E-state index in [1.54, 1.807) is 30.5 Å². The number of nitrogens with one attached hydrogen (secondary N) is 2. The van der Waals surface area contributed by atoms with E-state index >= 15 is 0 Å². The summed E-state index contributed by atoms with van der Waals surface area (Å²) in [6.07, 6.45) is 0.487. The minimum Gasteiger partial charge on any atom is -0.356 e. The lowest BCUT2D eigenvalue weighted by Crippen LogP contribution is -2.37. The van der Waals surface area contributed by atoms with Crippen LogP contribution in [-0.2, 0) is 13.0 Å². The van der Waals surface area contributed by atoms with Crippen molar-refractivity contribution in [3.63, 3.8) is 0 Å². The number of benzene rings is 1. The molecule has 0 fully saturated rings. The van der Waals surface area contributed by atoms with Crippen LogP contribution in [0.1, 0.15) is 36.0 Å². The molecule has 0 radical (unpaired) electrons. The highest BCUT2D eigenvalue weighted by Gasteiger charge is 2.08. The molecule has 2 aromatic rings. The van der Waals surface area contributed by atoms with Gasteiger partial charge < -0.3 is 10.6 Å². The van der Waals surface area contributed by atoms with E-state index in [1.165, 1.54) is 6.07 Å². The summed E-state index contributed by atoms with van der Waals surface area (Å²) in [5.41, 5.74) is 1.62. The molecule has 0 spiro atoms. The molecule has 0 aliphatic rings.